The molecule has 0 aliphatic carbocycles. The number of nitrogens with zero attached hydrogens (tertiary/aromatic N) is 2. The van der Waals surface area contributed by atoms with Gasteiger partial charge in [-0.15, -0.1) is 0 Å². The third-order valence-corrected chi connectivity index (χ3v) is 4.54. The normalized spacial score (nSPS) is 15.6. The van der Waals surface area contributed by atoms with Crippen LogP contribution in [0.2, 0.25) is 0 Å². The Kier molecular flexibility index (Phi) is 6.78. The molecule has 1 aliphatic rings. The third kappa shape index (κ3) is 5.18. The van der Waals surface area contributed by atoms with Gasteiger partial charge in [0.25, 0.3) is 0 Å². The van der Waals surface area contributed by atoms with E-state index >= 15 is 0 Å². The fourth-order valence-electron chi connectivity index (χ4n) is 3.00. The second-order valence-electron chi connectivity index (χ2n) is 6.46. The average molecular weight is 379 g/mol. The van der Waals surface area contributed by atoms with Crippen molar-refractivity contribution in [2.75, 3.05) is 31.6 Å². The number of allylic oxidation sites excluding steroid dienone is 1. The molecule has 0 amide bonds. The maximum Gasteiger partial charge on any atom is 0.211 e. The van der Waals surface area contributed by atoms with Crippen molar-refractivity contribution >= 4 is 23.6 Å². The minimum Gasteiger partial charge on any atom is -0.493 e. The van der Waals surface area contributed by atoms with Gasteiger partial charge in [0.2, 0.25) is 5.88 Å². The number of nitrogens with two attached hydrogens (primary N) is 1. The van der Waals surface area contributed by atoms with Gasteiger partial charge in [-0.05, 0) is 29.3 Å². The maximum absolute atomic E-state index is 9.62. The molecule has 7 heteroatoms. The molecule has 5 N–H and O–H groups in total. The van der Waals surface area contributed by atoms with Gasteiger partial charge in [-0.2, -0.15) is 0 Å². The Morgan fingerprint density at radius 2 is 2.04 bits per heavy atom. The summed E-state index contributed by atoms with van der Waals surface area (Å²) in [7, 11) is 0. The molecule has 0 bridgehead atoms. The smallest absolute Gasteiger partial charge is 0.211 e. The van der Waals surface area contributed by atoms with Crippen molar-refractivity contribution in [1.29, 1.82) is 5.41 Å². The monoisotopic (exact) mass is 379 g/mol. The zero-order chi connectivity index (χ0) is 19.8. The third-order valence-electron chi connectivity index (χ3n) is 4.54. The molecular formula is C21H25N5O2. The van der Waals surface area contributed by atoms with Crippen LogP contribution in [0.5, 0.6) is 5.88 Å². The average Bonchev–Trinajstić information content (AvgIpc) is 2.72. The van der Waals surface area contributed by atoms with Crippen molar-refractivity contribution in [1.82, 2.24) is 9.88 Å². The number of pyridine rings is 1. The summed E-state index contributed by atoms with van der Waals surface area (Å²) in [6, 6.07) is 9.80. The van der Waals surface area contributed by atoms with Crippen molar-refractivity contribution in [3.05, 3.63) is 65.6 Å². The lowest BCUT2D eigenvalue weighted by atomic mass is 10.0. The predicted molar refractivity (Wildman–Crippen MR) is 112 cm³/mol. The summed E-state index contributed by atoms with van der Waals surface area (Å²) >= 11 is 0. The van der Waals surface area contributed by atoms with Gasteiger partial charge in [-0.25, -0.2) is 4.98 Å². The van der Waals surface area contributed by atoms with Crippen molar-refractivity contribution < 1.29 is 9.84 Å². The van der Waals surface area contributed by atoms with E-state index in [-0.39, 0.29) is 5.88 Å². The highest BCUT2D eigenvalue weighted by Gasteiger charge is 2.10. The van der Waals surface area contributed by atoms with Gasteiger partial charge >= 0.3 is 0 Å². The van der Waals surface area contributed by atoms with E-state index in [1.807, 2.05) is 18.2 Å². The highest BCUT2D eigenvalue weighted by Crippen LogP contribution is 2.22. The summed E-state index contributed by atoms with van der Waals surface area (Å²) in [4.78, 5) is 6.29. The molecule has 1 saturated heterocycles. The zero-order valence-corrected chi connectivity index (χ0v) is 15.6. The van der Waals surface area contributed by atoms with Crippen LogP contribution in [0.4, 0.5) is 5.69 Å². The molecule has 3 rings (SSSR count). The molecule has 0 atom stereocenters. The van der Waals surface area contributed by atoms with Gasteiger partial charge in [0.15, 0.2) is 0 Å². The number of ether oxygens (including phenoxy) is 1. The first-order valence-electron chi connectivity index (χ1n) is 9.13. The number of morpholine rings is 1. The lowest BCUT2D eigenvalue weighted by molar-refractivity contribution is 0.0342. The van der Waals surface area contributed by atoms with Crippen LogP contribution < -0.4 is 11.1 Å². The molecule has 0 spiro atoms. The highest BCUT2D eigenvalue weighted by atomic mass is 16.5. The van der Waals surface area contributed by atoms with Crippen LogP contribution in [0.25, 0.3) is 11.6 Å². The molecule has 146 valence electrons. The van der Waals surface area contributed by atoms with Crippen LogP contribution in [-0.2, 0) is 11.3 Å². The van der Waals surface area contributed by atoms with Gasteiger partial charge in [-0.3, -0.25) is 4.90 Å². The number of hydrogen-bond acceptors (Lipinski definition) is 7. The Morgan fingerprint density at radius 1 is 1.29 bits per heavy atom. The molecule has 0 radical (unpaired) electrons. The topological polar surface area (TPSA) is 107 Å². The molecule has 0 saturated carbocycles. The lowest BCUT2D eigenvalue weighted by Crippen LogP contribution is -2.35. The van der Waals surface area contributed by atoms with E-state index in [1.165, 1.54) is 17.8 Å². The van der Waals surface area contributed by atoms with E-state index in [1.54, 1.807) is 12.4 Å². The van der Waals surface area contributed by atoms with Gasteiger partial charge < -0.3 is 26.3 Å². The summed E-state index contributed by atoms with van der Waals surface area (Å²) < 4.78 is 5.38. The van der Waals surface area contributed by atoms with Crippen LogP contribution in [0.1, 0.15) is 16.7 Å². The van der Waals surface area contributed by atoms with Crippen molar-refractivity contribution in [3.63, 3.8) is 0 Å². The second-order valence-corrected chi connectivity index (χ2v) is 6.46. The molecule has 2 aromatic rings. The van der Waals surface area contributed by atoms with Gasteiger partial charge in [0, 0.05) is 67.3 Å². The number of anilines is 1. The van der Waals surface area contributed by atoms with Gasteiger partial charge in [0.05, 0.1) is 13.2 Å². The van der Waals surface area contributed by atoms with E-state index in [0.29, 0.717) is 11.1 Å². The largest absolute Gasteiger partial charge is 0.493 e. The minimum absolute atomic E-state index is 0.114. The first-order chi connectivity index (χ1) is 13.7. The number of aromatic hydroxyl groups is 1. The van der Waals surface area contributed by atoms with E-state index in [4.69, 9.17) is 15.9 Å². The van der Waals surface area contributed by atoms with Gasteiger partial charge in [0.1, 0.15) is 0 Å². The molecular weight excluding hydrogens is 354 g/mol. The summed E-state index contributed by atoms with van der Waals surface area (Å²) in [5.41, 5.74) is 9.70. The Balaban J connectivity index is 1.64. The Hall–Kier alpha value is -3.16. The van der Waals surface area contributed by atoms with E-state index in [9.17, 15) is 5.11 Å². The lowest BCUT2D eigenvalue weighted by Gasteiger charge is -2.26. The highest BCUT2D eigenvalue weighted by molar-refractivity contribution is 6.09. The molecule has 28 heavy (non-hydrogen) atoms. The number of hydrogen-bond donors (Lipinski definition) is 4. The predicted octanol–water partition coefficient (Wildman–Crippen LogP) is 2.65. The number of rotatable bonds is 7. The Labute approximate surface area is 164 Å². The summed E-state index contributed by atoms with van der Waals surface area (Å²) in [6.45, 7) is 4.48. The van der Waals surface area contributed by atoms with Crippen molar-refractivity contribution in [3.8, 4) is 5.88 Å². The molecule has 1 aromatic heterocycles. The van der Waals surface area contributed by atoms with E-state index in [0.717, 1.165) is 50.3 Å². The second kappa shape index (κ2) is 9.68. The maximum atomic E-state index is 9.62. The molecule has 7 nitrogen and oxygen atoms in total. The number of aromatic nitrogens is 1. The van der Waals surface area contributed by atoms with Crippen LogP contribution in [0.3, 0.4) is 0 Å². The quantitative estimate of drug-likeness (QED) is 0.551. The molecule has 1 aliphatic heterocycles. The zero-order valence-electron chi connectivity index (χ0n) is 15.6. The van der Waals surface area contributed by atoms with Crippen LogP contribution in [0, 0.1) is 5.41 Å². The van der Waals surface area contributed by atoms with Crippen LogP contribution >= 0.6 is 0 Å². The van der Waals surface area contributed by atoms with Crippen LogP contribution in [-0.4, -0.2) is 47.5 Å². The number of nitrogens with one attached hydrogen (secondary N) is 2. The minimum atomic E-state index is -0.114. The standard InChI is InChI=1S/C21H25N5O2/c22-12-18(13-23)20-11-21(27)25-14-17(20)5-6-24-19-3-1-16(2-4-19)15-26-7-9-28-10-8-26/h1-6,11-14,22,24H,7-10,15,23H2,(H,25,27)/b6-5+,18-13+,22-12?. The van der Waals surface area contributed by atoms with Crippen LogP contribution in [0.15, 0.2) is 48.9 Å². The van der Waals surface area contributed by atoms with E-state index in [2.05, 4.69) is 27.3 Å². The van der Waals surface area contributed by atoms with Crippen molar-refractivity contribution in [2.45, 2.75) is 6.54 Å². The number of benzene rings is 1. The molecule has 0 unspecified atom stereocenters. The molecule has 1 aromatic carbocycles. The summed E-state index contributed by atoms with van der Waals surface area (Å²) in [5.74, 6) is -0.114. The first kappa shape index (κ1) is 19.6. The van der Waals surface area contributed by atoms with E-state index < -0.39 is 0 Å². The SMILES string of the molecule is N=C/C(=C\N)c1cc(O)ncc1/C=C/Nc1ccc(CN2CCOCC2)cc1. The fourth-order valence-corrected chi connectivity index (χ4v) is 3.00. The summed E-state index contributed by atoms with van der Waals surface area (Å²) in [5, 5.41) is 20.3. The Morgan fingerprint density at radius 3 is 2.71 bits per heavy atom. The summed E-state index contributed by atoms with van der Waals surface area (Å²) in [6.07, 6.45) is 7.65. The first-order valence-corrected chi connectivity index (χ1v) is 9.13. The van der Waals surface area contributed by atoms with Crippen molar-refractivity contribution in [2.24, 2.45) is 5.73 Å². The Bertz CT molecular complexity index is 856. The molecule has 2 heterocycles. The fraction of sp³-hybridized carbons (Fsp3) is 0.238. The molecule has 1 fully saturated rings. The van der Waals surface area contributed by atoms with Gasteiger partial charge in [-0.1, -0.05) is 12.1 Å².